The van der Waals surface area contributed by atoms with E-state index in [0.717, 1.165) is 68.9 Å². The summed E-state index contributed by atoms with van der Waals surface area (Å²) in [7, 11) is 0. The molecule has 5 nitrogen and oxygen atoms in total. The molecular weight excluding hydrogens is 451 g/mol. The first-order valence-corrected chi connectivity index (χ1v) is 9.16. The Hall–Kier alpha value is -0.570. The minimum atomic E-state index is 0. The molecule has 1 aromatic carbocycles. The fourth-order valence-electron chi connectivity index (χ4n) is 2.72. The maximum absolute atomic E-state index is 6.20. The van der Waals surface area contributed by atoms with Crippen LogP contribution in [0.1, 0.15) is 19.4 Å². The first-order valence-electron chi connectivity index (χ1n) is 8.78. The summed E-state index contributed by atoms with van der Waals surface area (Å²) < 4.78 is 5.41. The zero-order valence-corrected chi connectivity index (χ0v) is 18.2. The Labute approximate surface area is 173 Å². The predicted octanol–water partition coefficient (Wildman–Crippen LogP) is 2.78. The SMILES string of the molecule is CCNC(=NCC(C)N1CCOCC1)NCCc1ccccc1Cl.I. The lowest BCUT2D eigenvalue weighted by atomic mass is 10.1. The minimum absolute atomic E-state index is 0. The summed E-state index contributed by atoms with van der Waals surface area (Å²) in [4.78, 5) is 7.15. The maximum Gasteiger partial charge on any atom is 0.191 e. The van der Waals surface area contributed by atoms with Gasteiger partial charge in [0.25, 0.3) is 0 Å². The maximum atomic E-state index is 6.20. The minimum Gasteiger partial charge on any atom is -0.379 e. The lowest BCUT2D eigenvalue weighted by molar-refractivity contribution is 0.0220. The number of hydrogen-bond acceptors (Lipinski definition) is 3. The Balaban J connectivity index is 0.00000312. The van der Waals surface area contributed by atoms with Crippen LogP contribution in [0.25, 0.3) is 0 Å². The van der Waals surface area contributed by atoms with Gasteiger partial charge in [0.2, 0.25) is 0 Å². The normalized spacial score (nSPS) is 16.8. The van der Waals surface area contributed by atoms with E-state index in [-0.39, 0.29) is 24.0 Å². The Kier molecular flexibility index (Phi) is 11.4. The monoisotopic (exact) mass is 480 g/mol. The molecule has 1 aliphatic heterocycles. The molecule has 1 aliphatic rings. The Morgan fingerprint density at radius 1 is 1.28 bits per heavy atom. The van der Waals surface area contributed by atoms with Gasteiger partial charge in [-0.3, -0.25) is 9.89 Å². The van der Waals surface area contributed by atoms with E-state index in [1.54, 1.807) is 0 Å². The van der Waals surface area contributed by atoms with Crippen molar-refractivity contribution >= 4 is 41.5 Å². The van der Waals surface area contributed by atoms with Crippen molar-refractivity contribution in [2.75, 3.05) is 45.9 Å². The average Bonchev–Trinajstić information content (AvgIpc) is 2.61. The Morgan fingerprint density at radius 3 is 2.68 bits per heavy atom. The summed E-state index contributed by atoms with van der Waals surface area (Å²) in [6.07, 6.45) is 0.878. The summed E-state index contributed by atoms with van der Waals surface area (Å²) in [5.41, 5.74) is 1.16. The predicted molar refractivity (Wildman–Crippen MR) is 116 cm³/mol. The van der Waals surface area contributed by atoms with Gasteiger partial charge in [-0.05, 0) is 31.9 Å². The van der Waals surface area contributed by atoms with Gasteiger partial charge in [-0.2, -0.15) is 0 Å². The molecule has 1 unspecified atom stereocenters. The van der Waals surface area contributed by atoms with Gasteiger partial charge in [0.05, 0.1) is 19.8 Å². The number of nitrogens with zero attached hydrogens (tertiary/aromatic N) is 2. The third-order valence-electron chi connectivity index (χ3n) is 4.17. The van der Waals surface area contributed by atoms with Crippen LogP contribution in [-0.4, -0.2) is 62.8 Å². The molecule has 25 heavy (non-hydrogen) atoms. The quantitative estimate of drug-likeness (QED) is 0.358. The van der Waals surface area contributed by atoms with E-state index in [1.807, 2.05) is 18.2 Å². The van der Waals surface area contributed by atoms with Crippen LogP contribution in [0.4, 0.5) is 0 Å². The zero-order valence-electron chi connectivity index (χ0n) is 15.1. The van der Waals surface area contributed by atoms with Crippen molar-refractivity contribution in [1.82, 2.24) is 15.5 Å². The molecule has 1 atom stereocenters. The van der Waals surface area contributed by atoms with Crippen molar-refractivity contribution in [1.29, 1.82) is 0 Å². The first kappa shape index (κ1) is 22.5. The van der Waals surface area contributed by atoms with E-state index in [4.69, 9.17) is 21.3 Å². The molecule has 2 rings (SSSR count). The molecule has 0 spiro atoms. The van der Waals surface area contributed by atoms with E-state index < -0.39 is 0 Å². The van der Waals surface area contributed by atoms with Crippen LogP contribution in [0.5, 0.6) is 0 Å². The van der Waals surface area contributed by atoms with E-state index in [2.05, 4.69) is 35.4 Å². The highest BCUT2D eigenvalue weighted by molar-refractivity contribution is 14.0. The van der Waals surface area contributed by atoms with Gasteiger partial charge < -0.3 is 15.4 Å². The molecule has 0 radical (unpaired) electrons. The van der Waals surface area contributed by atoms with Gasteiger partial charge in [0, 0.05) is 37.2 Å². The standard InChI is InChI=1S/C18H29ClN4O.HI/c1-3-20-18(21-9-8-16-6-4-5-7-17(16)19)22-14-15(2)23-10-12-24-13-11-23;/h4-7,15H,3,8-14H2,1-2H3,(H2,20,21,22);1H. The second kappa shape index (κ2) is 12.7. The van der Waals surface area contributed by atoms with Gasteiger partial charge in [0.1, 0.15) is 0 Å². The van der Waals surface area contributed by atoms with Gasteiger partial charge in [0.15, 0.2) is 5.96 Å². The molecule has 1 aromatic rings. The molecule has 1 saturated heterocycles. The highest BCUT2D eigenvalue weighted by Gasteiger charge is 2.16. The number of hydrogen-bond donors (Lipinski definition) is 2. The molecule has 1 heterocycles. The van der Waals surface area contributed by atoms with Crippen LogP contribution in [0.2, 0.25) is 5.02 Å². The molecule has 1 fully saturated rings. The van der Waals surface area contributed by atoms with Crippen molar-refractivity contribution in [2.45, 2.75) is 26.3 Å². The zero-order chi connectivity index (χ0) is 17.2. The van der Waals surface area contributed by atoms with Gasteiger partial charge in [-0.1, -0.05) is 29.8 Å². The fourth-order valence-corrected chi connectivity index (χ4v) is 2.95. The Bertz CT molecular complexity index is 524. The van der Waals surface area contributed by atoms with Gasteiger partial charge in [-0.15, -0.1) is 24.0 Å². The number of aliphatic imine (C=N–C) groups is 1. The van der Waals surface area contributed by atoms with Gasteiger partial charge >= 0.3 is 0 Å². The molecular formula is C18H30ClIN4O. The summed E-state index contributed by atoms with van der Waals surface area (Å²) >= 11 is 6.20. The van der Waals surface area contributed by atoms with Crippen LogP contribution in [0.3, 0.4) is 0 Å². The summed E-state index contributed by atoms with van der Waals surface area (Å²) in [5.74, 6) is 0.865. The first-order chi connectivity index (χ1) is 11.7. The number of halogens is 2. The molecule has 0 saturated carbocycles. The number of rotatable bonds is 7. The summed E-state index contributed by atoms with van der Waals surface area (Å²) in [6.45, 7) is 10.4. The summed E-state index contributed by atoms with van der Waals surface area (Å²) in [6, 6.07) is 8.39. The van der Waals surface area contributed by atoms with Crippen molar-refractivity contribution in [3.8, 4) is 0 Å². The Morgan fingerprint density at radius 2 is 2.00 bits per heavy atom. The highest BCUT2D eigenvalue weighted by atomic mass is 127. The molecule has 0 amide bonds. The van der Waals surface area contributed by atoms with E-state index in [0.29, 0.717) is 6.04 Å². The lowest BCUT2D eigenvalue weighted by Crippen LogP contribution is -2.44. The van der Waals surface area contributed by atoms with Crippen molar-refractivity contribution < 1.29 is 4.74 Å². The topological polar surface area (TPSA) is 48.9 Å². The highest BCUT2D eigenvalue weighted by Crippen LogP contribution is 2.14. The van der Waals surface area contributed by atoms with Crippen LogP contribution < -0.4 is 10.6 Å². The smallest absolute Gasteiger partial charge is 0.191 e. The third kappa shape index (κ3) is 8.11. The molecule has 7 heteroatoms. The molecule has 2 N–H and O–H groups in total. The number of ether oxygens (including phenoxy) is 1. The molecule has 0 aliphatic carbocycles. The second-order valence-corrected chi connectivity index (χ2v) is 6.39. The molecule has 0 bridgehead atoms. The van der Waals surface area contributed by atoms with Crippen LogP contribution in [0, 0.1) is 0 Å². The number of benzene rings is 1. The number of nitrogens with one attached hydrogen (secondary N) is 2. The molecule has 0 aromatic heterocycles. The molecule has 142 valence electrons. The van der Waals surface area contributed by atoms with Gasteiger partial charge in [-0.25, -0.2) is 0 Å². The van der Waals surface area contributed by atoms with Crippen molar-refractivity contribution in [3.63, 3.8) is 0 Å². The summed E-state index contributed by atoms with van der Waals surface area (Å²) in [5, 5.41) is 7.52. The number of morpholine rings is 1. The van der Waals surface area contributed by atoms with Crippen molar-refractivity contribution in [2.24, 2.45) is 4.99 Å². The average molecular weight is 481 g/mol. The number of guanidine groups is 1. The van der Waals surface area contributed by atoms with Crippen molar-refractivity contribution in [3.05, 3.63) is 34.9 Å². The van der Waals surface area contributed by atoms with Crippen LogP contribution in [0.15, 0.2) is 29.3 Å². The van der Waals surface area contributed by atoms with E-state index in [1.165, 1.54) is 0 Å². The third-order valence-corrected chi connectivity index (χ3v) is 4.54. The lowest BCUT2D eigenvalue weighted by Gasteiger charge is -2.31. The van der Waals surface area contributed by atoms with E-state index >= 15 is 0 Å². The second-order valence-electron chi connectivity index (χ2n) is 5.99. The fraction of sp³-hybridized carbons (Fsp3) is 0.611. The van der Waals surface area contributed by atoms with E-state index in [9.17, 15) is 0 Å². The largest absolute Gasteiger partial charge is 0.379 e. The van der Waals surface area contributed by atoms with Crippen LogP contribution in [-0.2, 0) is 11.2 Å². The van der Waals surface area contributed by atoms with Crippen LogP contribution >= 0.6 is 35.6 Å².